The van der Waals surface area contributed by atoms with Crippen LogP contribution in [0.3, 0.4) is 0 Å². The molecule has 4 rings (SSSR count). The SMILES string of the molecule is CCn1c2ccc(C=Cc3ccccc3)cc2c2ccc(Cl)nc21. The molecule has 0 aliphatic carbocycles. The topological polar surface area (TPSA) is 17.8 Å². The fraction of sp³-hybridized carbons (Fsp3) is 0.0952. The van der Waals surface area contributed by atoms with Crippen molar-refractivity contribution in [1.29, 1.82) is 0 Å². The Morgan fingerprint density at radius 2 is 1.71 bits per heavy atom. The number of rotatable bonds is 3. The summed E-state index contributed by atoms with van der Waals surface area (Å²) in [6.07, 6.45) is 4.28. The molecule has 3 heteroatoms. The first-order chi connectivity index (χ1) is 11.8. The van der Waals surface area contributed by atoms with Crippen molar-refractivity contribution in [3.63, 3.8) is 0 Å². The molecule has 0 unspecified atom stereocenters. The normalized spacial score (nSPS) is 11.8. The van der Waals surface area contributed by atoms with Crippen LogP contribution in [0.5, 0.6) is 0 Å². The molecule has 4 aromatic rings. The second-order valence-electron chi connectivity index (χ2n) is 5.77. The van der Waals surface area contributed by atoms with Crippen molar-refractivity contribution in [2.75, 3.05) is 0 Å². The third-order valence-electron chi connectivity index (χ3n) is 4.28. The van der Waals surface area contributed by atoms with Crippen LogP contribution in [0.1, 0.15) is 18.1 Å². The van der Waals surface area contributed by atoms with Gasteiger partial charge in [-0.15, -0.1) is 0 Å². The Bertz CT molecular complexity index is 1050. The van der Waals surface area contributed by atoms with E-state index in [1.807, 2.05) is 24.3 Å². The van der Waals surface area contributed by atoms with E-state index in [0.717, 1.165) is 17.6 Å². The molecule has 0 aliphatic rings. The quantitative estimate of drug-likeness (QED) is 0.330. The maximum atomic E-state index is 6.09. The molecule has 0 fully saturated rings. The molecule has 0 N–H and O–H groups in total. The lowest BCUT2D eigenvalue weighted by molar-refractivity contribution is 0.816. The van der Waals surface area contributed by atoms with Crippen molar-refractivity contribution in [3.05, 3.63) is 76.9 Å². The molecule has 0 spiro atoms. The number of nitrogens with zero attached hydrogens (tertiary/aromatic N) is 2. The molecule has 0 saturated heterocycles. The Balaban J connectivity index is 1.86. The summed E-state index contributed by atoms with van der Waals surface area (Å²) in [4.78, 5) is 4.52. The average molecular weight is 333 g/mol. The minimum absolute atomic E-state index is 0.532. The van der Waals surface area contributed by atoms with Gasteiger partial charge in [0.05, 0.1) is 5.52 Å². The van der Waals surface area contributed by atoms with Gasteiger partial charge < -0.3 is 4.57 Å². The Hall–Kier alpha value is -2.58. The molecule has 0 aliphatic heterocycles. The first-order valence-corrected chi connectivity index (χ1v) is 8.45. The van der Waals surface area contributed by atoms with Gasteiger partial charge in [0.15, 0.2) is 0 Å². The van der Waals surface area contributed by atoms with Gasteiger partial charge in [0, 0.05) is 17.3 Å². The Morgan fingerprint density at radius 1 is 0.917 bits per heavy atom. The van der Waals surface area contributed by atoms with Gasteiger partial charge in [0.25, 0.3) is 0 Å². The molecule has 0 bridgehead atoms. The van der Waals surface area contributed by atoms with Crippen LogP contribution in [-0.2, 0) is 6.54 Å². The van der Waals surface area contributed by atoms with Gasteiger partial charge in [0.2, 0.25) is 0 Å². The van der Waals surface area contributed by atoms with Crippen molar-refractivity contribution in [2.24, 2.45) is 0 Å². The van der Waals surface area contributed by atoms with Gasteiger partial charge in [-0.1, -0.05) is 60.2 Å². The highest BCUT2D eigenvalue weighted by Crippen LogP contribution is 2.30. The smallest absolute Gasteiger partial charge is 0.142 e. The Morgan fingerprint density at radius 3 is 2.50 bits per heavy atom. The molecule has 118 valence electrons. The van der Waals surface area contributed by atoms with Crippen molar-refractivity contribution in [3.8, 4) is 0 Å². The summed E-state index contributed by atoms with van der Waals surface area (Å²) < 4.78 is 2.21. The molecule has 24 heavy (non-hydrogen) atoms. The number of hydrogen-bond acceptors (Lipinski definition) is 1. The summed E-state index contributed by atoms with van der Waals surface area (Å²) in [7, 11) is 0. The number of aryl methyl sites for hydroxylation is 1. The Labute approximate surface area is 146 Å². The summed E-state index contributed by atoms with van der Waals surface area (Å²) in [6, 6.07) is 20.8. The number of benzene rings is 2. The molecule has 0 saturated carbocycles. The standard InChI is InChI=1S/C21H17ClN2/c1-2-24-19-12-10-16(9-8-15-6-4-3-5-7-15)14-18(19)17-11-13-20(22)23-21(17)24/h3-14H,2H2,1H3. The highest BCUT2D eigenvalue weighted by Gasteiger charge is 2.11. The number of fused-ring (bicyclic) bond motifs is 3. The van der Waals surface area contributed by atoms with Gasteiger partial charge in [0.1, 0.15) is 10.8 Å². The molecule has 0 radical (unpaired) electrons. The summed E-state index contributed by atoms with van der Waals surface area (Å²) in [5.74, 6) is 0. The Kier molecular flexibility index (Phi) is 3.83. The predicted molar refractivity (Wildman–Crippen MR) is 103 cm³/mol. The number of hydrogen-bond donors (Lipinski definition) is 0. The lowest BCUT2D eigenvalue weighted by atomic mass is 10.1. The maximum absolute atomic E-state index is 6.09. The van der Waals surface area contributed by atoms with Crippen LogP contribution >= 0.6 is 11.6 Å². The summed E-state index contributed by atoms with van der Waals surface area (Å²) >= 11 is 6.09. The van der Waals surface area contributed by atoms with Crippen LogP contribution in [-0.4, -0.2) is 9.55 Å². The summed E-state index contributed by atoms with van der Waals surface area (Å²) in [6.45, 7) is 3.00. The van der Waals surface area contributed by atoms with Crippen molar-refractivity contribution < 1.29 is 0 Å². The van der Waals surface area contributed by atoms with Gasteiger partial charge in [-0.05, 0) is 42.3 Å². The van der Waals surface area contributed by atoms with Crippen LogP contribution in [0.25, 0.3) is 34.1 Å². The highest BCUT2D eigenvalue weighted by atomic mass is 35.5. The minimum atomic E-state index is 0.532. The molecule has 2 heterocycles. The first-order valence-electron chi connectivity index (χ1n) is 8.08. The van der Waals surface area contributed by atoms with Crippen LogP contribution in [0.15, 0.2) is 60.7 Å². The van der Waals surface area contributed by atoms with E-state index in [4.69, 9.17) is 11.6 Å². The van der Waals surface area contributed by atoms with E-state index in [1.165, 1.54) is 22.0 Å². The van der Waals surface area contributed by atoms with E-state index in [0.29, 0.717) is 5.15 Å². The zero-order valence-electron chi connectivity index (χ0n) is 13.4. The average Bonchev–Trinajstić information content (AvgIpc) is 2.92. The molecular formula is C21H17ClN2. The molecule has 2 aromatic heterocycles. The van der Waals surface area contributed by atoms with Crippen LogP contribution in [0.2, 0.25) is 5.15 Å². The largest absolute Gasteiger partial charge is 0.326 e. The molecule has 2 nitrogen and oxygen atoms in total. The van der Waals surface area contributed by atoms with Crippen LogP contribution in [0.4, 0.5) is 0 Å². The van der Waals surface area contributed by atoms with Gasteiger partial charge in [-0.25, -0.2) is 4.98 Å². The lowest BCUT2D eigenvalue weighted by Crippen LogP contribution is -1.94. The number of aromatic nitrogens is 2. The highest BCUT2D eigenvalue weighted by molar-refractivity contribution is 6.30. The van der Waals surface area contributed by atoms with E-state index < -0.39 is 0 Å². The minimum Gasteiger partial charge on any atom is -0.326 e. The second kappa shape index (κ2) is 6.14. The zero-order chi connectivity index (χ0) is 16.5. The fourth-order valence-electron chi connectivity index (χ4n) is 3.14. The third-order valence-corrected chi connectivity index (χ3v) is 4.49. The third kappa shape index (κ3) is 2.59. The molecule has 2 aromatic carbocycles. The molecular weight excluding hydrogens is 316 g/mol. The summed E-state index contributed by atoms with van der Waals surface area (Å²) in [5, 5.41) is 2.89. The monoisotopic (exact) mass is 332 g/mol. The van der Waals surface area contributed by atoms with Crippen molar-refractivity contribution in [2.45, 2.75) is 13.5 Å². The van der Waals surface area contributed by atoms with E-state index >= 15 is 0 Å². The fourth-order valence-corrected chi connectivity index (χ4v) is 3.28. The number of pyridine rings is 1. The lowest BCUT2D eigenvalue weighted by Gasteiger charge is -2.02. The van der Waals surface area contributed by atoms with Crippen molar-refractivity contribution in [1.82, 2.24) is 9.55 Å². The molecule has 0 amide bonds. The van der Waals surface area contributed by atoms with Crippen molar-refractivity contribution >= 4 is 45.7 Å². The first kappa shape index (κ1) is 15.0. The second-order valence-corrected chi connectivity index (χ2v) is 6.16. The maximum Gasteiger partial charge on any atom is 0.142 e. The van der Waals surface area contributed by atoms with Gasteiger partial charge >= 0.3 is 0 Å². The van der Waals surface area contributed by atoms with Crippen LogP contribution < -0.4 is 0 Å². The number of halogens is 1. The zero-order valence-corrected chi connectivity index (χ0v) is 14.2. The summed E-state index contributed by atoms with van der Waals surface area (Å²) in [5.41, 5.74) is 4.52. The van der Waals surface area contributed by atoms with E-state index in [2.05, 4.69) is 65.0 Å². The van der Waals surface area contributed by atoms with E-state index in [1.54, 1.807) is 0 Å². The van der Waals surface area contributed by atoms with E-state index in [9.17, 15) is 0 Å². The van der Waals surface area contributed by atoms with Crippen LogP contribution in [0, 0.1) is 0 Å². The molecule has 0 atom stereocenters. The van der Waals surface area contributed by atoms with Gasteiger partial charge in [-0.2, -0.15) is 0 Å². The van der Waals surface area contributed by atoms with E-state index in [-0.39, 0.29) is 0 Å². The predicted octanol–water partition coefficient (Wildman–Crippen LogP) is 6.03. The van der Waals surface area contributed by atoms with Gasteiger partial charge in [-0.3, -0.25) is 0 Å².